The van der Waals surface area contributed by atoms with E-state index in [1.807, 2.05) is 54.3 Å². The number of rotatable bonds is 21. The van der Waals surface area contributed by atoms with Crippen LogP contribution in [-0.4, -0.2) is 80.7 Å². The fourth-order valence-corrected chi connectivity index (χ4v) is 7.58. The van der Waals surface area contributed by atoms with E-state index in [4.69, 9.17) is 19.9 Å². The molecule has 3 N–H and O–H groups in total. The van der Waals surface area contributed by atoms with Gasteiger partial charge in [-0.25, -0.2) is 0 Å². The van der Waals surface area contributed by atoms with Gasteiger partial charge in [-0.15, -0.1) is 0 Å². The van der Waals surface area contributed by atoms with Gasteiger partial charge < -0.3 is 35.1 Å². The zero-order chi connectivity index (χ0) is 38.2. The Kier molecular flexibility index (Phi) is 17.0. The standard InChI is InChI=1S/C44H64N4O5/c1-7-26-48(44(50)39(45)29-32(3)4)40-25-28-47(27-15-10-9-12-16-33-17-13-11-14-18-33)31-38(40)43(49)46-42(34-19-21-35(22-20-34)53-8-2)37-24-23-36(51-5)30-41(37)52-6/h11,13-14,17-24,30,32,38-40,42H,7-10,12,15-16,25-29,31,45H2,1-6H3,(H,46,49)/t38?,39-,40?,42?/m0/s1. The van der Waals surface area contributed by atoms with Gasteiger partial charge in [-0.1, -0.05) is 76.1 Å². The zero-order valence-corrected chi connectivity index (χ0v) is 33.0. The topological polar surface area (TPSA) is 106 Å². The third kappa shape index (κ3) is 12.2. The van der Waals surface area contributed by atoms with Crippen LogP contribution in [0.3, 0.4) is 0 Å². The molecule has 1 fully saturated rings. The number of piperidine rings is 1. The summed E-state index contributed by atoms with van der Waals surface area (Å²) < 4.78 is 17.1. The first-order valence-corrected chi connectivity index (χ1v) is 19.8. The number of unbranched alkanes of at least 4 members (excludes halogenated alkanes) is 3. The molecular formula is C44H64N4O5. The second kappa shape index (κ2) is 21.6. The molecule has 1 aliphatic rings. The van der Waals surface area contributed by atoms with Gasteiger partial charge in [0.1, 0.15) is 17.2 Å². The van der Waals surface area contributed by atoms with Crippen molar-refractivity contribution in [3.8, 4) is 17.2 Å². The Morgan fingerprint density at radius 3 is 2.30 bits per heavy atom. The van der Waals surface area contributed by atoms with E-state index >= 15 is 0 Å². The number of carbonyl (C=O) groups excluding carboxylic acids is 2. The van der Waals surface area contributed by atoms with Crippen molar-refractivity contribution in [2.45, 2.75) is 97.2 Å². The van der Waals surface area contributed by atoms with Gasteiger partial charge in [-0.2, -0.15) is 0 Å². The minimum Gasteiger partial charge on any atom is -0.497 e. The number of benzene rings is 3. The summed E-state index contributed by atoms with van der Waals surface area (Å²) in [6, 6.07) is 22.8. The Balaban J connectivity index is 1.59. The predicted octanol–water partition coefficient (Wildman–Crippen LogP) is 7.41. The van der Waals surface area contributed by atoms with E-state index < -0.39 is 18.0 Å². The number of nitrogens with two attached hydrogens (primary N) is 1. The summed E-state index contributed by atoms with van der Waals surface area (Å²) in [5.41, 5.74) is 9.63. The van der Waals surface area contributed by atoms with Crippen LogP contribution in [-0.2, 0) is 16.0 Å². The highest BCUT2D eigenvalue weighted by atomic mass is 16.5. The van der Waals surface area contributed by atoms with E-state index in [0.29, 0.717) is 50.0 Å². The summed E-state index contributed by atoms with van der Waals surface area (Å²) in [4.78, 5) is 33.2. The Morgan fingerprint density at radius 2 is 1.64 bits per heavy atom. The molecule has 2 amide bonds. The zero-order valence-electron chi connectivity index (χ0n) is 33.0. The van der Waals surface area contributed by atoms with Gasteiger partial charge in [0.2, 0.25) is 11.8 Å². The smallest absolute Gasteiger partial charge is 0.239 e. The molecule has 0 spiro atoms. The average Bonchev–Trinajstić information content (AvgIpc) is 3.17. The van der Waals surface area contributed by atoms with Crippen LogP contribution >= 0.6 is 0 Å². The lowest BCUT2D eigenvalue weighted by molar-refractivity contribution is -0.141. The van der Waals surface area contributed by atoms with Gasteiger partial charge in [0.25, 0.3) is 0 Å². The lowest BCUT2D eigenvalue weighted by Crippen LogP contribution is -2.60. The third-order valence-electron chi connectivity index (χ3n) is 10.3. The molecular weight excluding hydrogens is 665 g/mol. The maximum atomic E-state index is 14.8. The van der Waals surface area contributed by atoms with Crippen molar-refractivity contribution in [3.05, 3.63) is 89.5 Å². The number of nitrogens with zero attached hydrogens (tertiary/aromatic N) is 2. The highest BCUT2D eigenvalue weighted by Gasteiger charge is 2.41. The quantitative estimate of drug-likeness (QED) is 0.110. The highest BCUT2D eigenvalue weighted by Crippen LogP contribution is 2.35. The molecule has 0 aromatic heterocycles. The van der Waals surface area contributed by atoms with Crippen molar-refractivity contribution in [2.75, 3.05) is 47.0 Å². The molecule has 1 heterocycles. The SMILES string of the molecule is CCCN(C(=O)[C@@H](N)CC(C)C)C1CCN(CCCCCCc2ccccc2)CC1C(=O)NC(c1ccc(OCC)cc1)c1ccc(OC)cc1OC. The Labute approximate surface area is 318 Å². The van der Waals surface area contributed by atoms with Gasteiger partial charge in [-0.05, 0) is 93.3 Å². The molecule has 4 rings (SSSR count). The molecule has 290 valence electrons. The summed E-state index contributed by atoms with van der Waals surface area (Å²) in [7, 11) is 3.25. The largest absolute Gasteiger partial charge is 0.497 e. The number of carbonyl (C=O) groups is 2. The summed E-state index contributed by atoms with van der Waals surface area (Å²) in [6.45, 7) is 11.7. The molecule has 0 saturated carbocycles. The number of hydrogen-bond acceptors (Lipinski definition) is 7. The van der Waals surface area contributed by atoms with Crippen LogP contribution in [0.2, 0.25) is 0 Å². The van der Waals surface area contributed by atoms with Crippen LogP contribution < -0.4 is 25.3 Å². The summed E-state index contributed by atoms with van der Waals surface area (Å²) in [5, 5.41) is 3.43. The van der Waals surface area contributed by atoms with Crippen molar-refractivity contribution >= 4 is 11.8 Å². The van der Waals surface area contributed by atoms with Crippen LogP contribution in [0.15, 0.2) is 72.8 Å². The highest BCUT2D eigenvalue weighted by molar-refractivity contribution is 5.85. The molecule has 53 heavy (non-hydrogen) atoms. The van der Waals surface area contributed by atoms with Gasteiger partial charge in [0, 0.05) is 37.3 Å². The fraction of sp³-hybridized carbons (Fsp3) is 0.545. The lowest BCUT2D eigenvalue weighted by atomic mass is 9.87. The minimum absolute atomic E-state index is 0.0601. The second-order valence-electron chi connectivity index (χ2n) is 14.7. The van der Waals surface area contributed by atoms with E-state index in [1.54, 1.807) is 14.2 Å². The van der Waals surface area contributed by atoms with Crippen LogP contribution in [0.1, 0.15) is 95.4 Å². The normalized spacial score (nSPS) is 17.2. The molecule has 3 aromatic rings. The van der Waals surface area contributed by atoms with Crippen molar-refractivity contribution < 1.29 is 23.8 Å². The number of methoxy groups -OCH3 is 2. The molecule has 3 aromatic carbocycles. The molecule has 1 saturated heterocycles. The fourth-order valence-electron chi connectivity index (χ4n) is 7.58. The Bertz CT molecular complexity index is 1530. The molecule has 4 atom stereocenters. The van der Waals surface area contributed by atoms with E-state index in [9.17, 15) is 9.59 Å². The molecule has 0 bridgehead atoms. The summed E-state index contributed by atoms with van der Waals surface area (Å²) >= 11 is 0. The van der Waals surface area contributed by atoms with E-state index in [2.05, 4.69) is 61.3 Å². The number of aryl methyl sites for hydroxylation is 1. The van der Waals surface area contributed by atoms with Gasteiger partial charge >= 0.3 is 0 Å². The Hall–Kier alpha value is -4.08. The number of hydrogen-bond donors (Lipinski definition) is 2. The number of likely N-dealkylation sites (tertiary alicyclic amines) is 1. The maximum Gasteiger partial charge on any atom is 0.239 e. The lowest BCUT2D eigenvalue weighted by Gasteiger charge is -2.44. The number of amides is 2. The molecule has 0 radical (unpaired) electrons. The summed E-state index contributed by atoms with van der Waals surface area (Å²) in [6.07, 6.45) is 7.77. The van der Waals surface area contributed by atoms with Crippen molar-refractivity contribution in [3.63, 3.8) is 0 Å². The molecule has 0 aliphatic carbocycles. The van der Waals surface area contributed by atoms with Crippen LogP contribution in [0.5, 0.6) is 17.2 Å². The predicted molar refractivity (Wildman–Crippen MR) is 214 cm³/mol. The molecule has 9 heteroatoms. The third-order valence-corrected chi connectivity index (χ3v) is 10.3. The van der Waals surface area contributed by atoms with Gasteiger partial charge in [-0.3, -0.25) is 9.59 Å². The first-order valence-electron chi connectivity index (χ1n) is 19.8. The summed E-state index contributed by atoms with van der Waals surface area (Å²) in [5.74, 6) is 1.73. The molecule has 9 nitrogen and oxygen atoms in total. The monoisotopic (exact) mass is 728 g/mol. The van der Waals surface area contributed by atoms with Crippen molar-refractivity contribution in [1.82, 2.24) is 15.1 Å². The minimum atomic E-state index is -0.598. The second-order valence-corrected chi connectivity index (χ2v) is 14.7. The first-order chi connectivity index (χ1) is 25.7. The Morgan fingerprint density at radius 1 is 0.925 bits per heavy atom. The first kappa shape index (κ1) is 41.7. The van der Waals surface area contributed by atoms with E-state index in [-0.39, 0.29) is 17.9 Å². The van der Waals surface area contributed by atoms with Gasteiger partial charge in [0.05, 0.1) is 38.8 Å². The van der Waals surface area contributed by atoms with Gasteiger partial charge in [0.15, 0.2) is 0 Å². The van der Waals surface area contributed by atoms with Crippen molar-refractivity contribution in [2.24, 2.45) is 17.6 Å². The number of nitrogens with one attached hydrogen (secondary N) is 1. The van der Waals surface area contributed by atoms with E-state index in [1.165, 1.54) is 18.4 Å². The van der Waals surface area contributed by atoms with E-state index in [0.717, 1.165) is 55.6 Å². The molecule has 3 unspecified atom stereocenters. The maximum absolute atomic E-state index is 14.8. The van der Waals surface area contributed by atoms with Crippen LogP contribution in [0, 0.1) is 11.8 Å². The van der Waals surface area contributed by atoms with Crippen LogP contribution in [0.25, 0.3) is 0 Å². The average molecular weight is 729 g/mol. The number of ether oxygens (including phenoxy) is 3. The van der Waals surface area contributed by atoms with Crippen LogP contribution in [0.4, 0.5) is 0 Å². The van der Waals surface area contributed by atoms with Crippen molar-refractivity contribution in [1.29, 1.82) is 0 Å². The molecule has 1 aliphatic heterocycles.